The number of carbonyl (C=O) groups is 1. The van der Waals surface area contributed by atoms with Crippen molar-refractivity contribution in [2.45, 2.75) is 103 Å². The van der Waals surface area contributed by atoms with Crippen LogP contribution in [-0.4, -0.2) is 52.9 Å². The molecule has 0 radical (unpaired) electrons. The lowest BCUT2D eigenvalue weighted by Gasteiger charge is -2.49. The van der Waals surface area contributed by atoms with E-state index in [0.29, 0.717) is 23.7 Å². The van der Waals surface area contributed by atoms with Gasteiger partial charge in [0.25, 0.3) is 0 Å². The van der Waals surface area contributed by atoms with Crippen molar-refractivity contribution in [3.05, 3.63) is 22.8 Å². The van der Waals surface area contributed by atoms with Crippen LogP contribution in [0.1, 0.15) is 79.1 Å². The van der Waals surface area contributed by atoms with Crippen LogP contribution in [-0.2, 0) is 9.53 Å². The van der Waals surface area contributed by atoms with Crippen LogP contribution in [0.15, 0.2) is 22.8 Å². The summed E-state index contributed by atoms with van der Waals surface area (Å²) in [7, 11) is 0. The molecule has 0 bridgehead atoms. The van der Waals surface area contributed by atoms with Crippen LogP contribution < -0.4 is 5.73 Å². The monoisotopic (exact) mass is 468 g/mol. The molecule has 0 aromatic heterocycles. The molecule has 188 valence electrons. The van der Waals surface area contributed by atoms with Gasteiger partial charge in [-0.05, 0) is 93.0 Å². The van der Waals surface area contributed by atoms with E-state index < -0.39 is 0 Å². The fraction of sp³-hybridized carbons (Fsp3) is 0.828. The number of ether oxygens (including phenoxy) is 1. The standard InChI is InChI=1S/C29H44N2O3/c1-16-11-25-27(31(15-16)26(33)14-30)18(3)29(34-25)10-8-21-22-6-5-19-12-20(32)7-9-28(19,4)24(22)13-23(21)17(29)2/h5,16,18,20-22,24-25,27,32H,6-15,30H2,1-4H3/t16-,18+,20-,21-,22-,24-,25+,27-,28-,29?/m0/s1. The number of aliphatic hydroxyl groups is 1. The summed E-state index contributed by atoms with van der Waals surface area (Å²) in [4.78, 5) is 14.9. The van der Waals surface area contributed by atoms with Gasteiger partial charge in [-0.3, -0.25) is 4.79 Å². The van der Waals surface area contributed by atoms with Gasteiger partial charge >= 0.3 is 0 Å². The number of likely N-dealkylation sites (tertiary alicyclic amines) is 1. The zero-order valence-corrected chi connectivity index (χ0v) is 21.6. The third-order valence-electron chi connectivity index (χ3n) is 11.5. The maximum absolute atomic E-state index is 12.8. The number of aliphatic hydroxyl groups excluding tert-OH is 1. The summed E-state index contributed by atoms with van der Waals surface area (Å²) >= 11 is 0. The number of rotatable bonds is 1. The van der Waals surface area contributed by atoms with Crippen LogP contribution in [0, 0.1) is 35.0 Å². The summed E-state index contributed by atoms with van der Waals surface area (Å²) < 4.78 is 7.08. The largest absolute Gasteiger partial charge is 0.393 e. The Morgan fingerprint density at radius 2 is 2.06 bits per heavy atom. The second-order valence-corrected chi connectivity index (χ2v) is 13.0. The van der Waals surface area contributed by atoms with Gasteiger partial charge in [-0.1, -0.05) is 38.0 Å². The van der Waals surface area contributed by atoms with Crippen LogP contribution in [0.25, 0.3) is 0 Å². The van der Waals surface area contributed by atoms with Crippen molar-refractivity contribution in [2.24, 2.45) is 40.7 Å². The van der Waals surface area contributed by atoms with Crippen LogP contribution in [0.3, 0.4) is 0 Å². The van der Waals surface area contributed by atoms with Crippen LogP contribution in [0.2, 0.25) is 0 Å². The molecule has 10 atom stereocenters. The lowest BCUT2D eigenvalue weighted by Crippen LogP contribution is -2.55. The smallest absolute Gasteiger partial charge is 0.236 e. The normalized spacial score (nSPS) is 49.9. The molecule has 34 heavy (non-hydrogen) atoms. The zero-order chi connectivity index (χ0) is 24.0. The van der Waals surface area contributed by atoms with Crippen molar-refractivity contribution >= 4 is 5.91 Å². The van der Waals surface area contributed by atoms with Gasteiger partial charge in [0.1, 0.15) is 0 Å². The highest BCUT2D eigenvalue weighted by atomic mass is 16.5. The molecule has 1 amide bonds. The third-order valence-corrected chi connectivity index (χ3v) is 11.5. The number of nitrogens with zero attached hydrogens (tertiary/aromatic N) is 1. The van der Waals surface area contributed by atoms with Crippen LogP contribution in [0.5, 0.6) is 0 Å². The Bertz CT molecular complexity index is 942. The second-order valence-electron chi connectivity index (χ2n) is 13.0. The molecule has 1 spiro atoms. The van der Waals surface area contributed by atoms with Crippen molar-refractivity contribution in [1.29, 1.82) is 0 Å². The fourth-order valence-electron chi connectivity index (χ4n) is 9.72. The molecule has 5 nitrogen and oxygen atoms in total. The zero-order valence-electron chi connectivity index (χ0n) is 21.6. The van der Waals surface area contributed by atoms with Crippen molar-refractivity contribution in [2.75, 3.05) is 13.1 Å². The van der Waals surface area contributed by atoms with Crippen molar-refractivity contribution < 1.29 is 14.6 Å². The van der Waals surface area contributed by atoms with Gasteiger partial charge in [-0.2, -0.15) is 0 Å². The number of hydrogen-bond donors (Lipinski definition) is 2. The second kappa shape index (κ2) is 7.91. The number of hydrogen-bond acceptors (Lipinski definition) is 4. The average Bonchev–Trinajstić information content (AvgIpc) is 3.33. The predicted octanol–water partition coefficient (Wildman–Crippen LogP) is 4.20. The van der Waals surface area contributed by atoms with Crippen molar-refractivity contribution in [3.63, 3.8) is 0 Å². The first-order chi connectivity index (χ1) is 16.2. The summed E-state index contributed by atoms with van der Waals surface area (Å²) in [5.41, 5.74) is 10.5. The Morgan fingerprint density at radius 3 is 2.82 bits per heavy atom. The minimum atomic E-state index is -0.230. The van der Waals surface area contributed by atoms with E-state index in [-0.39, 0.29) is 41.7 Å². The molecule has 4 aliphatic carbocycles. The summed E-state index contributed by atoms with van der Waals surface area (Å²) in [6.07, 6.45) is 11.1. The number of allylic oxidation sites excluding steroid dienone is 2. The first kappa shape index (κ1) is 23.2. The molecule has 2 heterocycles. The Kier molecular flexibility index (Phi) is 5.41. The van der Waals surface area contributed by atoms with Crippen molar-refractivity contribution in [3.8, 4) is 0 Å². The number of amides is 1. The highest BCUT2D eigenvalue weighted by Gasteiger charge is 2.62. The number of carbonyl (C=O) groups excluding carboxylic acids is 1. The summed E-state index contributed by atoms with van der Waals surface area (Å²) in [5, 5.41) is 10.3. The number of nitrogens with two attached hydrogens (primary N) is 1. The molecular weight excluding hydrogens is 424 g/mol. The molecule has 0 aromatic rings. The van der Waals surface area contributed by atoms with E-state index in [1.807, 2.05) is 0 Å². The number of piperidine rings is 1. The first-order valence-electron chi connectivity index (χ1n) is 13.9. The maximum atomic E-state index is 12.8. The number of fused-ring (bicyclic) bond motifs is 6. The van der Waals surface area contributed by atoms with Gasteiger partial charge in [-0.25, -0.2) is 0 Å². The van der Waals surface area contributed by atoms with Crippen molar-refractivity contribution in [1.82, 2.24) is 4.90 Å². The first-order valence-corrected chi connectivity index (χ1v) is 13.9. The quantitative estimate of drug-likeness (QED) is 0.566. The van der Waals surface area contributed by atoms with E-state index in [2.05, 4.69) is 38.7 Å². The molecule has 0 aromatic carbocycles. The van der Waals surface area contributed by atoms with Gasteiger partial charge < -0.3 is 20.5 Å². The summed E-state index contributed by atoms with van der Waals surface area (Å²) in [6.45, 7) is 10.3. The van der Waals surface area contributed by atoms with E-state index in [4.69, 9.17) is 10.5 Å². The minimum Gasteiger partial charge on any atom is -0.393 e. The maximum Gasteiger partial charge on any atom is 0.236 e. The van der Waals surface area contributed by atoms with E-state index in [0.717, 1.165) is 44.6 Å². The molecule has 2 saturated carbocycles. The summed E-state index contributed by atoms with van der Waals surface area (Å²) in [6, 6.07) is 0.147. The molecule has 6 rings (SSSR count). The Balaban J connectivity index is 1.34. The molecule has 5 heteroatoms. The molecular formula is C29H44N2O3. The molecule has 2 aliphatic heterocycles. The average molecular weight is 469 g/mol. The van der Waals surface area contributed by atoms with Gasteiger partial charge in [0.05, 0.1) is 30.4 Å². The van der Waals surface area contributed by atoms with E-state index in [1.54, 1.807) is 5.57 Å². The SMILES string of the molecule is CC1=C2C[C@H]3[C@@H](CC=C4C[C@@H](O)CC[C@@]43C)[C@@H]2CCC12O[C@@H]1C[C@H](C)CN(C(=O)CN)[C@H]1[C@H]2C. The van der Waals surface area contributed by atoms with E-state index in [1.165, 1.54) is 30.4 Å². The molecule has 3 N–H and O–H groups in total. The highest BCUT2D eigenvalue weighted by molar-refractivity contribution is 5.78. The Hall–Kier alpha value is -1.17. The topological polar surface area (TPSA) is 75.8 Å². The molecule has 6 aliphatic rings. The minimum absolute atomic E-state index is 0.0749. The van der Waals surface area contributed by atoms with Gasteiger partial charge in [0, 0.05) is 12.5 Å². The lowest BCUT2D eigenvalue weighted by atomic mass is 9.56. The third kappa shape index (κ3) is 3.05. The Morgan fingerprint density at radius 1 is 1.26 bits per heavy atom. The summed E-state index contributed by atoms with van der Waals surface area (Å²) in [5.74, 6) is 2.93. The van der Waals surface area contributed by atoms with Crippen LogP contribution in [0.4, 0.5) is 0 Å². The predicted molar refractivity (Wildman–Crippen MR) is 133 cm³/mol. The van der Waals surface area contributed by atoms with Crippen LogP contribution >= 0.6 is 0 Å². The highest BCUT2D eigenvalue weighted by Crippen LogP contribution is 2.65. The van der Waals surface area contributed by atoms with E-state index in [9.17, 15) is 9.90 Å². The Labute approximate surface area is 205 Å². The van der Waals surface area contributed by atoms with Gasteiger partial charge in [0.15, 0.2) is 0 Å². The molecule has 1 unspecified atom stereocenters. The fourth-order valence-corrected chi connectivity index (χ4v) is 9.72. The van der Waals surface area contributed by atoms with Gasteiger partial charge in [-0.15, -0.1) is 0 Å². The van der Waals surface area contributed by atoms with Gasteiger partial charge in [0.2, 0.25) is 5.91 Å². The molecule has 4 fully saturated rings. The molecule has 2 saturated heterocycles. The lowest BCUT2D eigenvalue weighted by molar-refractivity contribution is -0.138. The van der Waals surface area contributed by atoms with E-state index >= 15 is 0 Å².